The lowest BCUT2D eigenvalue weighted by molar-refractivity contribution is -0.286. The van der Waals surface area contributed by atoms with Crippen LogP contribution in [0.5, 0.6) is 0 Å². The van der Waals surface area contributed by atoms with Crippen LogP contribution in [0.1, 0.15) is 84.0 Å². The van der Waals surface area contributed by atoms with E-state index in [1.165, 1.54) is 96.7 Å². The van der Waals surface area contributed by atoms with Gasteiger partial charge in [-0.3, -0.25) is 0 Å². The molecule has 1 N–H and O–H groups in total. The van der Waals surface area contributed by atoms with Gasteiger partial charge in [-0.25, -0.2) is 0 Å². The number of ether oxygens (including phenoxy) is 2. The zero-order valence-corrected chi connectivity index (χ0v) is 19.3. The van der Waals surface area contributed by atoms with Gasteiger partial charge >= 0.3 is 0 Å². The lowest BCUT2D eigenvalue weighted by Gasteiger charge is -2.58. The third kappa shape index (κ3) is 4.23. The molecule has 3 saturated carbocycles. The Labute approximate surface area is 184 Å². The van der Waals surface area contributed by atoms with Crippen molar-refractivity contribution in [3.63, 3.8) is 0 Å². The lowest BCUT2D eigenvalue weighted by Crippen LogP contribution is -2.56. The van der Waals surface area contributed by atoms with Crippen LogP contribution in [0.25, 0.3) is 0 Å². The first-order chi connectivity index (χ1) is 14.7. The van der Waals surface area contributed by atoms with E-state index in [-0.39, 0.29) is 6.29 Å². The average molecular weight is 420 g/mol. The van der Waals surface area contributed by atoms with E-state index >= 15 is 0 Å². The topological polar surface area (TPSA) is 41.9 Å². The van der Waals surface area contributed by atoms with Crippen LogP contribution in [-0.2, 0) is 9.47 Å². The van der Waals surface area contributed by atoms with E-state index in [4.69, 9.17) is 9.47 Å². The van der Waals surface area contributed by atoms with Gasteiger partial charge in [0.1, 0.15) is 0 Å². The minimum atomic E-state index is 0.0966. The van der Waals surface area contributed by atoms with Crippen molar-refractivity contribution < 1.29 is 14.6 Å². The van der Waals surface area contributed by atoms with Crippen LogP contribution < -0.4 is 0 Å². The Hall–Kier alpha value is -0.160. The number of piperidine rings is 1. The van der Waals surface area contributed by atoms with Crippen LogP contribution in [-0.4, -0.2) is 55.2 Å². The monoisotopic (exact) mass is 419 g/mol. The fourth-order valence-electron chi connectivity index (χ4n) is 8.06. The number of aliphatic hydroxyl groups excluding tert-OH is 1. The zero-order valence-electron chi connectivity index (χ0n) is 19.3. The number of likely N-dealkylation sites (tertiary alicyclic amines) is 1. The highest BCUT2D eigenvalue weighted by Crippen LogP contribution is 2.58. The molecule has 0 aromatic carbocycles. The van der Waals surface area contributed by atoms with Crippen molar-refractivity contribution in [2.45, 2.75) is 96.4 Å². The summed E-state index contributed by atoms with van der Waals surface area (Å²) in [6, 6.07) is 0. The summed E-state index contributed by atoms with van der Waals surface area (Å²) < 4.78 is 13.0. The molecule has 0 radical (unpaired) electrons. The summed E-state index contributed by atoms with van der Waals surface area (Å²) in [5.74, 6) is 3.49. The highest BCUT2D eigenvalue weighted by molar-refractivity contribution is 5.02. The fourth-order valence-corrected chi connectivity index (χ4v) is 8.06. The van der Waals surface area contributed by atoms with E-state index in [1.807, 2.05) is 0 Å². The Morgan fingerprint density at radius 2 is 1.77 bits per heavy atom. The average Bonchev–Trinajstić information content (AvgIpc) is 3.32. The molecule has 4 nitrogen and oxygen atoms in total. The Morgan fingerprint density at radius 1 is 0.967 bits per heavy atom. The van der Waals surface area contributed by atoms with Gasteiger partial charge in [-0.2, -0.15) is 0 Å². The molecule has 5 aliphatic rings. The van der Waals surface area contributed by atoms with E-state index < -0.39 is 0 Å². The first-order valence-corrected chi connectivity index (χ1v) is 13.3. The van der Waals surface area contributed by atoms with Crippen molar-refractivity contribution in [1.82, 2.24) is 4.90 Å². The number of hydrogen-bond donors (Lipinski definition) is 1. The van der Waals surface area contributed by atoms with Crippen molar-refractivity contribution >= 4 is 0 Å². The van der Waals surface area contributed by atoms with Crippen molar-refractivity contribution in [2.24, 2.45) is 35.0 Å². The minimum absolute atomic E-state index is 0.0966. The van der Waals surface area contributed by atoms with Gasteiger partial charge in [-0.15, -0.1) is 0 Å². The maximum atomic E-state index is 9.41. The molecule has 2 heterocycles. The van der Waals surface area contributed by atoms with Gasteiger partial charge in [0.25, 0.3) is 0 Å². The number of aliphatic hydroxyl groups is 1. The first kappa shape index (κ1) is 21.7. The molecule has 2 aliphatic heterocycles. The largest absolute Gasteiger partial charge is 0.396 e. The summed E-state index contributed by atoms with van der Waals surface area (Å²) in [6.45, 7) is 7.59. The van der Waals surface area contributed by atoms with E-state index in [9.17, 15) is 5.11 Å². The highest BCUT2D eigenvalue weighted by atomic mass is 16.7. The summed E-state index contributed by atoms with van der Waals surface area (Å²) in [6.07, 6.45) is 16.4. The van der Waals surface area contributed by atoms with E-state index in [0.29, 0.717) is 35.9 Å². The van der Waals surface area contributed by atoms with E-state index in [0.717, 1.165) is 18.4 Å². The van der Waals surface area contributed by atoms with Crippen molar-refractivity contribution in [3.05, 3.63) is 0 Å². The quantitative estimate of drug-likeness (QED) is 0.692. The maximum absolute atomic E-state index is 9.41. The summed E-state index contributed by atoms with van der Waals surface area (Å²) >= 11 is 0. The second kappa shape index (κ2) is 9.37. The molecule has 0 bridgehead atoms. The highest BCUT2D eigenvalue weighted by Gasteiger charge is 2.54. The number of rotatable bonds is 5. The molecule has 0 amide bonds. The van der Waals surface area contributed by atoms with Gasteiger partial charge < -0.3 is 19.5 Å². The Kier molecular flexibility index (Phi) is 6.77. The van der Waals surface area contributed by atoms with Crippen molar-refractivity contribution in [1.29, 1.82) is 0 Å². The van der Waals surface area contributed by atoms with E-state index in [1.54, 1.807) is 0 Å². The maximum Gasteiger partial charge on any atom is 0.160 e. The van der Waals surface area contributed by atoms with Gasteiger partial charge in [0.05, 0.1) is 12.7 Å². The standard InChI is InChI=1S/C26H45NO3/c1-26-13-9-24-22(18-29-25(30-24)20-5-2-3-6-20)23(26)8-4-7-21(26)12-16-27-14-10-19(17-28)11-15-27/h19-25,28H,2-18H2,1H3/t21-,22?,23?,24+,25+,26-/m0/s1. The molecule has 30 heavy (non-hydrogen) atoms. The smallest absolute Gasteiger partial charge is 0.160 e. The Bertz CT molecular complexity index is 556. The predicted molar refractivity (Wildman–Crippen MR) is 119 cm³/mol. The first-order valence-electron chi connectivity index (χ1n) is 13.3. The molecule has 6 atom stereocenters. The molecule has 2 saturated heterocycles. The second-order valence-corrected chi connectivity index (χ2v) is 11.6. The van der Waals surface area contributed by atoms with E-state index in [2.05, 4.69) is 11.8 Å². The van der Waals surface area contributed by atoms with Gasteiger partial charge in [0, 0.05) is 18.4 Å². The molecule has 0 aromatic heterocycles. The molecular weight excluding hydrogens is 374 g/mol. The summed E-state index contributed by atoms with van der Waals surface area (Å²) in [5, 5.41) is 9.41. The summed E-state index contributed by atoms with van der Waals surface area (Å²) in [5.41, 5.74) is 0.482. The third-order valence-corrected chi connectivity index (χ3v) is 10.1. The van der Waals surface area contributed by atoms with Gasteiger partial charge in [-0.1, -0.05) is 26.2 Å². The van der Waals surface area contributed by atoms with Gasteiger partial charge in [0.2, 0.25) is 0 Å². The van der Waals surface area contributed by atoms with Crippen LogP contribution in [0.4, 0.5) is 0 Å². The zero-order chi connectivity index (χ0) is 20.6. The minimum Gasteiger partial charge on any atom is -0.396 e. The van der Waals surface area contributed by atoms with Crippen molar-refractivity contribution in [3.8, 4) is 0 Å². The molecule has 5 fully saturated rings. The predicted octanol–water partition coefficient (Wildman–Crippen LogP) is 4.85. The second-order valence-electron chi connectivity index (χ2n) is 11.6. The molecule has 0 spiro atoms. The molecule has 2 unspecified atom stereocenters. The molecule has 172 valence electrons. The van der Waals surface area contributed by atoms with Gasteiger partial charge in [-0.05, 0) is 101 Å². The number of hydrogen-bond acceptors (Lipinski definition) is 4. The lowest BCUT2D eigenvalue weighted by atomic mass is 9.51. The summed E-state index contributed by atoms with van der Waals surface area (Å²) in [4.78, 5) is 2.67. The SMILES string of the molecule is C[C@@]12CC[C@H]3O[C@H](C4CCCC4)OCC3C1CCC[C@H]2CCN1CCC(CO)CC1. The number of fused-ring (bicyclic) bond motifs is 3. The molecule has 3 aliphatic carbocycles. The Morgan fingerprint density at radius 3 is 2.53 bits per heavy atom. The molecular formula is C26H45NO3. The summed E-state index contributed by atoms with van der Waals surface area (Å²) in [7, 11) is 0. The Balaban J connectivity index is 1.18. The molecule has 0 aromatic rings. The third-order valence-electron chi connectivity index (χ3n) is 10.1. The van der Waals surface area contributed by atoms with Crippen LogP contribution in [0.15, 0.2) is 0 Å². The van der Waals surface area contributed by atoms with Crippen LogP contribution in [0.3, 0.4) is 0 Å². The normalized spacial score (nSPS) is 44.0. The fraction of sp³-hybridized carbons (Fsp3) is 1.00. The number of nitrogens with zero attached hydrogens (tertiary/aromatic N) is 1. The molecule has 4 heteroatoms. The molecule has 5 rings (SSSR count). The van der Waals surface area contributed by atoms with Crippen LogP contribution >= 0.6 is 0 Å². The van der Waals surface area contributed by atoms with Crippen molar-refractivity contribution in [2.75, 3.05) is 32.8 Å². The van der Waals surface area contributed by atoms with Gasteiger partial charge in [0.15, 0.2) is 6.29 Å². The van der Waals surface area contributed by atoms with Crippen LogP contribution in [0.2, 0.25) is 0 Å². The van der Waals surface area contributed by atoms with Crippen LogP contribution in [0, 0.1) is 35.0 Å².